The first-order valence-electron chi connectivity index (χ1n) is 17.1. The first-order chi connectivity index (χ1) is 23.9. The number of aromatic nitrogens is 2. The molecule has 3 nitrogen and oxygen atoms in total. The molecule has 8 rings (SSSR count). The second-order valence-electron chi connectivity index (χ2n) is 13.2. The molecule has 0 aliphatic heterocycles. The molecule has 0 spiro atoms. The largest absolute Gasteiger partial charge is 0.500 e. The van der Waals surface area contributed by atoms with Gasteiger partial charge in [0.1, 0.15) is 5.58 Å². The van der Waals surface area contributed by atoms with E-state index in [1.165, 1.54) is 10.3 Å². The minimum absolute atomic E-state index is 0. The molecular formula is C44H38IrN2OS-2. The quantitative estimate of drug-likeness (QED) is 0.166. The molecule has 247 valence electrons. The summed E-state index contributed by atoms with van der Waals surface area (Å²) in [4.78, 5) is 9.13. The molecule has 0 N–H and O–H groups in total. The van der Waals surface area contributed by atoms with Crippen molar-refractivity contribution in [2.24, 2.45) is 5.41 Å². The van der Waals surface area contributed by atoms with E-state index in [0.717, 1.165) is 72.1 Å². The molecule has 0 saturated carbocycles. The molecule has 0 aliphatic carbocycles. The number of pyridine rings is 2. The molecule has 0 saturated heterocycles. The van der Waals surface area contributed by atoms with Gasteiger partial charge >= 0.3 is 0 Å². The zero-order valence-corrected chi connectivity index (χ0v) is 31.6. The molecule has 0 unspecified atom stereocenters. The van der Waals surface area contributed by atoms with Gasteiger partial charge in [-0.1, -0.05) is 74.2 Å². The molecule has 0 atom stereocenters. The number of thiophene rings is 1. The van der Waals surface area contributed by atoms with Crippen LogP contribution in [0.2, 0.25) is 0 Å². The van der Waals surface area contributed by atoms with E-state index >= 15 is 0 Å². The molecule has 49 heavy (non-hydrogen) atoms. The number of rotatable bonds is 4. The van der Waals surface area contributed by atoms with E-state index in [1.807, 2.05) is 88.5 Å². The van der Waals surface area contributed by atoms with Crippen molar-refractivity contribution in [2.45, 2.75) is 47.9 Å². The number of furan rings is 1. The number of benzene rings is 4. The van der Waals surface area contributed by atoms with Crippen molar-refractivity contribution in [1.29, 1.82) is 0 Å². The molecule has 0 fully saturated rings. The van der Waals surface area contributed by atoms with Gasteiger partial charge < -0.3 is 14.4 Å². The van der Waals surface area contributed by atoms with E-state index in [2.05, 4.69) is 72.7 Å². The predicted molar refractivity (Wildman–Crippen MR) is 202 cm³/mol. The summed E-state index contributed by atoms with van der Waals surface area (Å²) in [6.45, 7) is 12.0. The minimum atomic E-state index is -1.60. The molecule has 5 heteroatoms. The zero-order valence-electron chi connectivity index (χ0n) is 30.4. The first-order valence-corrected chi connectivity index (χ1v) is 17.0. The third kappa shape index (κ3) is 7.16. The van der Waals surface area contributed by atoms with E-state index in [4.69, 9.17) is 12.1 Å². The number of aryl methyl sites for hydroxylation is 3. The summed E-state index contributed by atoms with van der Waals surface area (Å²) in [7, 11) is 0. The van der Waals surface area contributed by atoms with Gasteiger partial charge in [0, 0.05) is 50.7 Å². The molecule has 4 aromatic heterocycles. The summed E-state index contributed by atoms with van der Waals surface area (Å²) in [5.41, 5.74) is 10.4. The Labute approximate surface area is 309 Å². The average molecular weight is 837 g/mol. The second kappa shape index (κ2) is 14.2. The van der Waals surface area contributed by atoms with E-state index in [1.54, 1.807) is 17.5 Å². The van der Waals surface area contributed by atoms with Gasteiger partial charge in [-0.05, 0) is 94.8 Å². The van der Waals surface area contributed by atoms with Gasteiger partial charge in [0.2, 0.25) is 0 Å². The second-order valence-corrected chi connectivity index (χ2v) is 14.2. The third-order valence-corrected chi connectivity index (χ3v) is 9.23. The zero-order chi connectivity index (χ0) is 35.2. The Morgan fingerprint density at radius 3 is 2.24 bits per heavy atom. The van der Waals surface area contributed by atoms with Crippen molar-refractivity contribution in [3.05, 3.63) is 143 Å². The van der Waals surface area contributed by atoms with Crippen molar-refractivity contribution in [1.82, 2.24) is 9.97 Å². The fourth-order valence-electron chi connectivity index (χ4n) is 6.16. The molecule has 0 bridgehead atoms. The van der Waals surface area contributed by atoms with Crippen molar-refractivity contribution in [2.75, 3.05) is 0 Å². The van der Waals surface area contributed by atoms with Gasteiger partial charge in [0.25, 0.3) is 0 Å². The SMILES string of the molecule is Cc1ccc(-c2[c-]cccc2)nc1.[2H]C([2H])(c1cnc(-c2[c-]ccc3c2oc2c4ccsc4ccc32)cc1-c1c(C)cccc1C)C(C)(C)C.[Ir]. The monoisotopic (exact) mass is 837 g/mol. The summed E-state index contributed by atoms with van der Waals surface area (Å²) in [6.07, 6.45) is 1.99. The normalized spacial score (nSPS) is 12.3. The smallest absolute Gasteiger partial charge is 0.129 e. The maximum atomic E-state index is 9.09. The van der Waals surface area contributed by atoms with Crippen molar-refractivity contribution in [3.8, 4) is 33.6 Å². The summed E-state index contributed by atoms with van der Waals surface area (Å²) in [5, 5.41) is 5.31. The van der Waals surface area contributed by atoms with E-state index < -0.39 is 11.8 Å². The summed E-state index contributed by atoms with van der Waals surface area (Å²) in [5.74, 6) is 0. The number of nitrogens with zero attached hydrogens (tertiary/aromatic N) is 2. The minimum Gasteiger partial charge on any atom is -0.500 e. The Balaban J connectivity index is 0.000000269. The van der Waals surface area contributed by atoms with E-state index in [0.29, 0.717) is 5.56 Å². The topological polar surface area (TPSA) is 38.9 Å². The van der Waals surface area contributed by atoms with Crippen molar-refractivity contribution >= 4 is 43.4 Å². The van der Waals surface area contributed by atoms with Gasteiger partial charge in [0.05, 0.1) is 5.58 Å². The Hall–Kier alpha value is -4.41. The van der Waals surface area contributed by atoms with Gasteiger partial charge in [-0.2, -0.15) is 0 Å². The van der Waals surface area contributed by atoms with Gasteiger partial charge in [-0.15, -0.1) is 65.4 Å². The average Bonchev–Trinajstić information content (AvgIpc) is 3.74. The molecule has 4 heterocycles. The van der Waals surface area contributed by atoms with E-state index in [-0.39, 0.29) is 20.1 Å². The Morgan fingerprint density at radius 1 is 0.755 bits per heavy atom. The standard InChI is InChI=1S/C32H28NOS.C12H10N.Ir/c1-19-8-6-9-20(2)29(19)26-16-27(33-18-21(26)17-32(3,4)5)24-11-7-10-22-23-12-13-28-25(14-15-35-28)31(23)34-30(22)24;1-10-7-8-12(13-9-10)11-5-3-2-4-6-11;/h6-10,12-16,18H,17H2,1-5H3;2-5,7-9H,1H3;/q2*-1;/i17D2;;. The Morgan fingerprint density at radius 2 is 1.53 bits per heavy atom. The number of hydrogen-bond acceptors (Lipinski definition) is 4. The van der Waals surface area contributed by atoms with Gasteiger partial charge in [-0.3, -0.25) is 0 Å². The van der Waals surface area contributed by atoms with Crippen LogP contribution in [0.25, 0.3) is 65.7 Å². The number of fused-ring (bicyclic) bond motifs is 5. The number of hydrogen-bond donors (Lipinski definition) is 0. The molecular weight excluding hydrogens is 797 g/mol. The Kier molecular flexibility index (Phi) is 9.23. The third-order valence-electron chi connectivity index (χ3n) is 8.35. The molecule has 0 aliphatic rings. The van der Waals surface area contributed by atoms with Crippen molar-refractivity contribution in [3.63, 3.8) is 0 Å². The van der Waals surface area contributed by atoms with Crippen LogP contribution in [0.1, 0.15) is 45.8 Å². The molecule has 8 aromatic rings. The Bertz CT molecular complexity index is 2460. The molecule has 1 radical (unpaired) electrons. The van der Waals surface area contributed by atoms with Crippen LogP contribution in [0.4, 0.5) is 0 Å². The van der Waals surface area contributed by atoms with Crippen LogP contribution in [0.5, 0.6) is 0 Å². The first kappa shape index (κ1) is 31.8. The fraction of sp³-hybridized carbons (Fsp3) is 0.182. The summed E-state index contributed by atoms with van der Waals surface area (Å²) in [6, 6.07) is 37.0. The molecule has 0 amide bonds. The summed E-state index contributed by atoms with van der Waals surface area (Å²) >= 11 is 1.70. The maximum Gasteiger partial charge on any atom is 0.129 e. The van der Waals surface area contributed by atoms with Crippen LogP contribution in [0.3, 0.4) is 0 Å². The van der Waals surface area contributed by atoms with Crippen LogP contribution in [0, 0.1) is 38.3 Å². The fourth-order valence-corrected chi connectivity index (χ4v) is 6.94. The maximum absolute atomic E-state index is 9.09. The van der Waals surface area contributed by atoms with Crippen LogP contribution in [-0.2, 0) is 26.5 Å². The molecule has 4 aromatic carbocycles. The van der Waals surface area contributed by atoms with Gasteiger partial charge in [-0.25, -0.2) is 0 Å². The van der Waals surface area contributed by atoms with Gasteiger partial charge in [0.15, 0.2) is 0 Å². The van der Waals surface area contributed by atoms with Crippen LogP contribution < -0.4 is 0 Å². The van der Waals surface area contributed by atoms with E-state index in [9.17, 15) is 0 Å². The van der Waals surface area contributed by atoms with Crippen LogP contribution in [0.15, 0.2) is 113 Å². The van der Waals surface area contributed by atoms with Crippen molar-refractivity contribution < 1.29 is 27.3 Å². The van der Waals surface area contributed by atoms with Crippen LogP contribution in [-0.4, -0.2) is 9.97 Å². The van der Waals surface area contributed by atoms with Crippen LogP contribution >= 0.6 is 11.3 Å². The summed E-state index contributed by atoms with van der Waals surface area (Å²) < 4.78 is 25.9. The predicted octanol–water partition coefficient (Wildman–Crippen LogP) is 12.4.